The van der Waals surface area contributed by atoms with E-state index in [1.165, 1.54) is 42.5 Å². The molecule has 3 rings (SSSR count). The van der Waals surface area contributed by atoms with E-state index in [4.69, 9.17) is 0 Å². The van der Waals surface area contributed by atoms with Gasteiger partial charge in [0.05, 0.1) is 44.8 Å². The normalized spacial score (nSPS) is 21.4. The minimum atomic E-state index is -4.26. The number of rotatable bonds is 1. The molecule has 1 spiro atoms. The van der Waals surface area contributed by atoms with Gasteiger partial charge in [-0.15, -0.1) is 0 Å². The standard InChI is InChI=1S/C15H20F3N2.BrH/c16-15(17,18)13-4-3-5-14(12-13)19-6-10-20(11-7-19)8-1-2-9-20;/h3-5,12H,1-2,6-11H2;1H/q+1;/p-1. The van der Waals surface area contributed by atoms with Crippen molar-refractivity contribution >= 4 is 5.69 Å². The molecule has 6 heteroatoms. The summed E-state index contributed by atoms with van der Waals surface area (Å²) < 4.78 is 39.4. The summed E-state index contributed by atoms with van der Waals surface area (Å²) in [6, 6.07) is 5.71. The van der Waals surface area contributed by atoms with Crippen LogP contribution < -0.4 is 21.9 Å². The maximum absolute atomic E-state index is 12.8. The van der Waals surface area contributed by atoms with Crippen LogP contribution in [-0.4, -0.2) is 43.8 Å². The highest BCUT2D eigenvalue weighted by molar-refractivity contribution is 5.49. The lowest BCUT2D eigenvalue weighted by Gasteiger charge is -2.42. The number of alkyl halides is 3. The molecule has 1 aromatic carbocycles. The second kappa shape index (κ2) is 6.16. The first-order valence-electron chi connectivity index (χ1n) is 7.26. The van der Waals surface area contributed by atoms with Gasteiger partial charge in [0.2, 0.25) is 0 Å². The molecule has 0 radical (unpaired) electrons. The highest BCUT2D eigenvalue weighted by atomic mass is 79.9. The van der Waals surface area contributed by atoms with Gasteiger partial charge in [0, 0.05) is 18.5 Å². The summed E-state index contributed by atoms with van der Waals surface area (Å²) in [4.78, 5) is 2.09. The number of benzene rings is 1. The third kappa shape index (κ3) is 3.54. The summed E-state index contributed by atoms with van der Waals surface area (Å²) in [6.07, 6.45) is -1.67. The SMILES string of the molecule is FC(F)(F)c1cccc(N2CC[N+]3(CCCC3)CC2)c1.[Br-]. The van der Waals surface area contributed by atoms with E-state index in [1.54, 1.807) is 6.07 Å². The Bertz CT molecular complexity index is 474. The van der Waals surface area contributed by atoms with Crippen molar-refractivity contribution in [1.82, 2.24) is 0 Å². The molecule has 0 saturated carbocycles. The number of hydrogen-bond donors (Lipinski definition) is 0. The van der Waals surface area contributed by atoms with E-state index in [2.05, 4.69) is 4.90 Å². The number of halogens is 4. The quantitative estimate of drug-likeness (QED) is 0.641. The van der Waals surface area contributed by atoms with Gasteiger partial charge >= 0.3 is 6.18 Å². The predicted molar refractivity (Wildman–Crippen MR) is 72.6 cm³/mol. The molecular weight excluding hydrogens is 345 g/mol. The lowest BCUT2D eigenvalue weighted by Crippen LogP contribution is -3.00. The molecule has 2 aliphatic heterocycles. The van der Waals surface area contributed by atoms with Crippen molar-refractivity contribution in [2.45, 2.75) is 19.0 Å². The van der Waals surface area contributed by atoms with Crippen LogP contribution in [0.3, 0.4) is 0 Å². The van der Waals surface area contributed by atoms with Crippen molar-refractivity contribution < 1.29 is 34.6 Å². The molecule has 2 nitrogen and oxygen atoms in total. The van der Waals surface area contributed by atoms with Gasteiger partial charge in [0.1, 0.15) is 0 Å². The van der Waals surface area contributed by atoms with Gasteiger partial charge < -0.3 is 26.4 Å². The lowest BCUT2D eigenvalue weighted by atomic mass is 10.1. The second-order valence-electron chi connectivity index (χ2n) is 5.98. The van der Waals surface area contributed by atoms with Crippen LogP contribution in [0.15, 0.2) is 24.3 Å². The highest BCUT2D eigenvalue weighted by Gasteiger charge is 2.36. The molecule has 0 atom stereocenters. The molecule has 2 fully saturated rings. The largest absolute Gasteiger partial charge is 1.00 e. The molecule has 2 saturated heterocycles. The molecule has 0 N–H and O–H groups in total. The molecule has 118 valence electrons. The Kier molecular flexibility index (Phi) is 4.88. The summed E-state index contributed by atoms with van der Waals surface area (Å²) in [5.74, 6) is 0. The van der Waals surface area contributed by atoms with E-state index in [-0.39, 0.29) is 17.0 Å². The number of nitrogens with zero attached hydrogens (tertiary/aromatic N) is 2. The van der Waals surface area contributed by atoms with Gasteiger partial charge in [0.15, 0.2) is 0 Å². The summed E-state index contributed by atoms with van der Waals surface area (Å²) in [7, 11) is 0. The van der Waals surface area contributed by atoms with E-state index < -0.39 is 11.7 Å². The average molecular weight is 365 g/mol. The highest BCUT2D eigenvalue weighted by Crippen LogP contribution is 2.32. The maximum Gasteiger partial charge on any atom is 0.416 e. The van der Waals surface area contributed by atoms with Crippen LogP contribution in [0, 0.1) is 0 Å². The molecule has 0 unspecified atom stereocenters. The second-order valence-corrected chi connectivity index (χ2v) is 5.98. The Morgan fingerprint density at radius 1 is 0.952 bits per heavy atom. The Hall–Kier alpha value is -0.750. The van der Waals surface area contributed by atoms with Gasteiger partial charge in [-0.25, -0.2) is 0 Å². The average Bonchev–Trinajstić information content (AvgIpc) is 2.87. The van der Waals surface area contributed by atoms with Gasteiger partial charge in [-0.05, 0) is 18.2 Å². The van der Waals surface area contributed by atoms with Crippen LogP contribution in [0.4, 0.5) is 18.9 Å². The number of piperazine rings is 1. The lowest BCUT2D eigenvalue weighted by molar-refractivity contribution is -0.917. The zero-order valence-corrected chi connectivity index (χ0v) is 13.5. The molecule has 1 aromatic rings. The van der Waals surface area contributed by atoms with Gasteiger partial charge in [-0.3, -0.25) is 0 Å². The van der Waals surface area contributed by atoms with Crippen LogP contribution in [0.2, 0.25) is 0 Å². The fraction of sp³-hybridized carbons (Fsp3) is 0.600. The fourth-order valence-electron chi connectivity index (χ4n) is 3.48. The van der Waals surface area contributed by atoms with Crippen LogP contribution in [-0.2, 0) is 6.18 Å². The summed E-state index contributed by atoms with van der Waals surface area (Å²) >= 11 is 0. The van der Waals surface area contributed by atoms with Crippen molar-refractivity contribution in [3.05, 3.63) is 29.8 Å². The zero-order valence-electron chi connectivity index (χ0n) is 11.9. The van der Waals surface area contributed by atoms with Crippen LogP contribution in [0.1, 0.15) is 18.4 Å². The molecule has 0 aromatic heterocycles. The van der Waals surface area contributed by atoms with Crippen molar-refractivity contribution in [2.24, 2.45) is 0 Å². The fourth-order valence-corrected chi connectivity index (χ4v) is 3.48. The van der Waals surface area contributed by atoms with Crippen LogP contribution in [0.25, 0.3) is 0 Å². The van der Waals surface area contributed by atoms with E-state index in [1.807, 2.05) is 0 Å². The van der Waals surface area contributed by atoms with Crippen LogP contribution in [0.5, 0.6) is 0 Å². The first-order chi connectivity index (χ1) is 9.49. The van der Waals surface area contributed by atoms with E-state index in [0.717, 1.165) is 32.2 Å². The van der Waals surface area contributed by atoms with E-state index in [9.17, 15) is 13.2 Å². The van der Waals surface area contributed by atoms with Crippen LogP contribution >= 0.6 is 0 Å². The summed E-state index contributed by atoms with van der Waals surface area (Å²) in [5.41, 5.74) is 0.155. The van der Waals surface area contributed by atoms with Gasteiger partial charge in [0.25, 0.3) is 0 Å². The molecule has 0 bridgehead atoms. The summed E-state index contributed by atoms with van der Waals surface area (Å²) in [6.45, 7) is 6.35. The number of hydrogen-bond acceptors (Lipinski definition) is 1. The van der Waals surface area contributed by atoms with Crippen molar-refractivity contribution in [3.63, 3.8) is 0 Å². The molecule has 2 aliphatic rings. The molecule has 2 heterocycles. The first kappa shape index (κ1) is 16.6. The van der Waals surface area contributed by atoms with E-state index in [0.29, 0.717) is 5.69 Å². The Morgan fingerprint density at radius 2 is 1.57 bits per heavy atom. The Labute approximate surface area is 133 Å². The molecule has 0 amide bonds. The van der Waals surface area contributed by atoms with Crippen molar-refractivity contribution in [1.29, 1.82) is 0 Å². The molecule has 21 heavy (non-hydrogen) atoms. The maximum atomic E-state index is 12.8. The minimum absolute atomic E-state index is 0. The van der Waals surface area contributed by atoms with Gasteiger partial charge in [-0.2, -0.15) is 13.2 Å². The van der Waals surface area contributed by atoms with Crippen molar-refractivity contribution in [2.75, 3.05) is 44.2 Å². The van der Waals surface area contributed by atoms with Crippen molar-refractivity contribution in [3.8, 4) is 0 Å². The predicted octanol–water partition coefficient (Wildman–Crippen LogP) is 0.140. The Morgan fingerprint density at radius 3 is 2.14 bits per heavy atom. The van der Waals surface area contributed by atoms with E-state index >= 15 is 0 Å². The third-order valence-corrected chi connectivity index (χ3v) is 4.74. The molecule has 0 aliphatic carbocycles. The molecular formula is C15H20BrF3N2. The minimum Gasteiger partial charge on any atom is -1.00 e. The summed E-state index contributed by atoms with van der Waals surface area (Å²) in [5, 5.41) is 0. The monoisotopic (exact) mass is 364 g/mol. The Balaban J connectivity index is 0.00000161. The number of quaternary nitrogens is 1. The smallest absolute Gasteiger partial charge is 0.416 e. The third-order valence-electron chi connectivity index (χ3n) is 4.74. The number of anilines is 1. The topological polar surface area (TPSA) is 3.24 Å². The zero-order chi connectivity index (χ0) is 14.2. The van der Waals surface area contributed by atoms with Gasteiger partial charge in [-0.1, -0.05) is 6.07 Å². The first-order valence-corrected chi connectivity index (χ1v) is 7.26.